The Morgan fingerprint density at radius 3 is 2.68 bits per heavy atom. The summed E-state index contributed by atoms with van der Waals surface area (Å²) in [5.74, 6) is 0.531. The summed E-state index contributed by atoms with van der Waals surface area (Å²) in [6, 6.07) is 7.86. The van der Waals surface area contributed by atoms with E-state index >= 15 is 0 Å². The molecule has 5 heteroatoms. The van der Waals surface area contributed by atoms with Crippen molar-refractivity contribution in [2.45, 2.75) is 39.2 Å². The highest BCUT2D eigenvalue weighted by atomic mass is 16.2. The molecule has 2 aliphatic heterocycles. The van der Waals surface area contributed by atoms with Gasteiger partial charge in [0.15, 0.2) is 0 Å². The molecule has 2 saturated heterocycles. The van der Waals surface area contributed by atoms with Gasteiger partial charge in [0.2, 0.25) is 5.91 Å². The Balaban J connectivity index is 1.59. The van der Waals surface area contributed by atoms with E-state index in [-0.39, 0.29) is 23.8 Å². The van der Waals surface area contributed by atoms with E-state index in [1.54, 1.807) is 0 Å². The van der Waals surface area contributed by atoms with Crippen molar-refractivity contribution in [2.24, 2.45) is 11.8 Å². The number of carbonyl (C=O) groups is 2. The minimum atomic E-state index is -0.0997. The average molecular weight is 343 g/mol. The molecule has 0 bridgehead atoms. The second-order valence-electron chi connectivity index (χ2n) is 7.54. The lowest BCUT2D eigenvalue weighted by molar-refractivity contribution is -0.127. The third kappa shape index (κ3) is 4.40. The molecule has 136 valence electrons. The summed E-state index contributed by atoms with van der Waals surface area (Å²) in [5, 5.41) is 6.55. The van der Waals surface area contributed by atoms with Gasteiger partial charge in [-0.1, -0.05) is 24.6 Å². The highest BCUT2D eigenvalue weighted by molar-refractivity contribution is 5.94. The maximum absolute atomic E-state index is 12.7. The molecule has 0 spiro atoms. The van der Waals surface area contributed by atoms with Crippen LogP contribution in [0.3, 0.4) is 0 Å². The van der Waals surface area contributed by atoms with E-state index in [1.165, 1.54) is 0 Å². The average Bonchev–Trinajstić information content (AvgIpc) is 2.64. The Bertz CT molecular complexity index is 614. The fourth-order valence-corrected chi connectivity index (χ4v) is 3.74. The number of hydrogen-bond acceptors (Lipinski definition) is 3. The van der Waals surface area contributed by atoms with Crippen LogP contribution in [0.15, 0.2) is 24.3 Å². The molecule has 2 N–H and O–H groups in total. The number of carbonyl (C=O) groups excluding carboxylic acids is 2. The Labute approximate surface area is 150 Å². The molecule has 3 atom stereocenters. The normalized spacial score (nSPS) is 27.0. The molecule has 0 radical (unpaired) electrons. The van der Waals surface area contributed by atoms with Gasteiger partial charge < -0.3 is 15.5 Å². The lowest BCUT2D eigenvalue weighted by Gasteiger charge is -2.35. The van der Waals surface area contributed by atoms with Gasteiger partial charge in [-0.3, -0.25) is 9.59 Å². The molecule has 2 fully saturated rings. The van der Waals surface area contributed by atoms with Crippen molar-refractivity contribution in [2.75, 3.05) is 26.2 Å². The van der Waals surface area contributed by atoms with Gasteiger partial charge in [-0.05, 0) is 50.8 Å². The lowest BCUT2D eigenvalue weighted by atomic mass is 9.92. The van der Waals surface area contributed by atoms with Crippen LogP contribution in [0.1, 0.15) is 42.1 Å². The second-order valence-corrected chi connectivity index (χ2v) is 7.54. The van der Waals surface area contributed by atoms with E-state index in [1.807, 2.05) is 36.1 Å². The molecule has 25 heavy (non-hydrogen) atoms. The first-order chi connectivity index (χ1) is 12.0. The van der Waals surface area contributed by atoms with Crippen molar-refractivity contribution in [3.05, 3.63) is 35.4 Å². The predicted molar refractivity (Wildman–Crippen MR) is 98.4 cm³/mol. The topological polar surface area (TPSA) is 61.4 Å². The Morgan fingerprint density at radius 1 is 1.20 bits per heavy atom. The summed E-state index contributed by atoms with van der Waals surface area (Å²) in [6.45, 7) is 7.32. The molecule has 0 aromatic heterocycles. The predicted octanol–water partition coefficient (Wildman–Crippen LogP) is 1.96. The minimum absolute atomic E-state index is 0.0326. The number of aryl methyl sites for hydroxylation is 1. The molecule has 5 nitrogen and oxygen atoms in total. The highest BCUT2D eigenvalue weighted by Crippen LogP contribution is 2.20. The number of piperidine rings is 2. The Morgan fingerprint density at radius 2 is 1.96 bits per heavy atom. The van der Waals surface area contributed by atoms with Crippen molar-refractivity contribution in [3.63, 3.8) is 0 Å². The first-order valence-corrected chi connectivity index (χ1v) is 9.41. The van der Waals surface area contributed by atoms with Gasteiger partial charge in [-0.2, -0.15) is 0 Å². The quantitative estimate of drug-likeness (QED) is 0.882. The number of rotatable bonds is 3. The summed E-state index contributed by atoms with van der Waals surface area (Å²) >= 11 is 0. The zero-order chi connectivity index (χ0) is 17.8. The van der Waals surface area contributed by atoms with E-state index in [9.17, 15) is 9.59 Å². The standard InChI is InChI=1S/C20H29N3O2/c1-14-5-7-16(8-6-14)20(25)23-11-3-4-17(13-23)19(24)22-18-12-21-10-9-15(18)2/h5-8,15,17-18,21H,3-4,9-13H2,1-2H3,(H,22,24). The number of amides is 2. The van der Waals surface area contributed by atoms with Crippen LogP contribution in [0.25, 0.3) is 0 Å². The fraction of sp³-hybridized carbons (Fsp3) is 0.600. The summed E-state index contributed by atoms with van der Waals surface area (Å²) < 4.78 is 0. The van der Waals surface area contributed by atoms with Crippen molar-refractivity contribution in [1.82, 2.24) is 15.5 Å². The van der Waals surface area contributed by atoms with Gasteiger partial charge >= 0.3 is 0 Å². The molecule has 3 unspecified atom stereocenters. The molecule has 1 aromatic rings. The van der Waals surface area contributed by atoms with Crippen LogP contribution in [0.5, 0.6) is 0 Å². The molecule has 2 amide bonds. The van der Waals surface area contributed by atoms with Crippen LogP contribution in [-0.4, -0.2) is 48.9 Å². The third-order valence-corrected chi connectivity index (χ3v) is 5.53. The Kier molecular flexibility index (Phi) is 5.74. The summed E-state index contributed by atoms with van der Waals surface area (Å²) in [6.07, 6.45) is 2.83. The minimum Gasteiger partial charge on any atom is -0.352 e. The van der Waals surface area contributed by atoms with Crippen LogP contribution in [0.2, 0.25) is 0 Å². The monoisotopic (exact) mass is 343 g/mol. The van der Waals surface area contributed by atoms with E-state index in [2.05, 4.69) is 17.6 Å². The number of likely N-dealkylation sites (tertiary alicyclic amines) is 1. The maximum atomic E-state index is 12.7. The number of nitrogens with zero attached hydrogens (tertiary/aromatic N) is 1. The highest BCUT2D eigenvalue weighted by Gasteiger charge is 2.31. The van der Waals surface area contributed by atoms with Crippen LogP contribution in [0.4, 0.5) is 0 Å². The number of hydrogen-bond donors (Lipinski definition) is 2. The fourth-order valence-electron chi connectivity index (χ4n) is 3.74. The summed E-state index contributed by atoms with van der Waals surface area (Å²) in [5.41, 5.74) is 1.85. The van der Waals surface area contributed by atoms with E-state index < -0.39 is 0 Å². The van der Waals surface area contributed by atoms with E-state index in [0.29, 0.717) is 18.0 Å². The van der Waals surface area contributed by atoms with Crippen molar-refractivity contribution >= 4 is 11.8 Å². The van der Waals surface area contributed by atoms with Crippen LogP contribution in [0, 0.1) is 18.8 Å². The zero-order valence-corrected chi connectivity index (χ0v) is 15.3. The first kappa shape index (κ1) is 17.9. The van der Waals surface area contributed by atoms with E-state index in [4.69, 9.17) is 0 Å². The number of benzene rings is 1. The van der Waals surface area contributed by atoms with Crippen LogP contribution in [-0.2, 0) is 4.79 Å². The molecule has 2 heterocycles. The molecule has 0 saturated carbocycles. The van der Waals surface area contributed by atoms with Gasteiger partial charge in [0.25, 0.3) is 5.91 Å². The molecule has 1 aromatic carbocycles. The maximum Gasteiger partial charge on any atom is 0.253 e. The lowest BCUT2D eigenvalue weighted by Crippen LogP contribution is -2.53. The molecule has 3 rings (SSSR count). The van der Waals surface area contributed by atoms with Crippen LogP contribution >= 0.6 is 0 Å². The smallest absolute Gasteiger partial charge is 0.253 e. The van der Waals surface area contributed by atoms with Crippen molar-refractivity contribution in [3.8, 4) is 0 Å². The summed E-state index contributed by atoms with van der Waals surface area (Å²) in [4.78, 5) is 27.2. The second kappa shape index (κ2) is 8.00. The number of nitrogens with one attached hydrogen (secondary N) is 2. The van der Waals surface area contributed by atoms with E-state index in [0.717, 1.165) is 44.5 Å². The van der Waals surface area contributed by atoms with Crippen LogP contribution < -0.4 is 10.6 Å². The third-order valence-electron chi connectivity index (χ3n) is 5.53. The molecular weight excluding hydrogens is 314 g/mol. The van der Waals surface area contributed by atoms with Gasteiger partial charge in [0.1, 0.15) is 0 Å². The van der Waals surface area contributed by atoms with Gasteiger partial charge in [-0.25, -0.2) is 0 Å². The van der Waals surface area contributed by atoms with Gasteiger partial charge in [0, 0.05) is 31.2 Å². The van der Waals surface area contributed by atoms with Gasteiger partial charge in [0.05, 0.1) is 5.92 Å². The Hall–Kier alpha value is -1.88. The zero-order valence-electron chi connectivity index (χ0n) is 15.3. The van der Waals surface area contributed by atoms with Crippen molar-refractivity contribution in [1.29, 1.82) is 0 Å². The molecule has 2 aliphatic rings. The van der Waals surface area contributed by atoms with Crippen molar-refractivity contribution < 1.29 is 9.59 Å². The summed E-state index contributed by atoms with van der Waals surface area (Å²) in [7, 11) is 0. The largest absolute Gasteiger partial charge is 0.352 e. The SMILES string of the molecule is Cc1ccc(C(=O)N2CCCC(C(=O)NC3CNCCC3C)C2)cc1. The molecular formula is C20H29N3O2. The molecule has 0 aliphatic carbocycles. The van der Waals surface area contributed by atoms with Gasteiger partial charge in [-0.15, -0.1) is 0 Å². The first-order valence-electron chi connectivity index (χ1n) is 9.41.